The van der Waals surface area contributed by atoms with E-state index in [1.54, 1.807) is 12.1 Å². The van der Waals surface area contributed by atoms with Crippen LogP contribution in [0, 0.1) is 0 Å². The molecular formula is C21H29O3S+. The lowest BCUT2D eigenvalue weighted by atomic mass is 10.0. The molecule has 136 valence electrons. The second kappa shape index (κ2) is 13.2. The van der Waals surface area contributed by atoms with Crippen LogP contribution in [-0.4, -0.2) is 23.1 Å². The van der Waals surface area contributed by atoms with E-state index >= 15 is 0 Å². The summed E-state index contributed by atoms with van der Waals surface area (Å²) in [5, 5.41) is 8.62. The standard InChI is InChI=1S/C17H16O3S.2C2H6/c1-21-15-8-4-13(5-9-15)10-12-2-6-14(7-3-12)16(18)11-17(19)20;2*1-2/h2-9H,10-11H2,1H3,(H,19,20);2*1-2H3/p+1. The third kappa shape index (κ3) is 8.54. The summed E-state index contributed by atoms with van der Waals surface area (Å²) in [6, 6.07) is 15.6. The molecule has 0 aliphatic rings. The lowest BCUT2D eigenvalue weighted by Gasteiger charge is -2.04. The second-order valence-electron chi connectivity index (χ2n) is 4.76. The average Bonchev–Trinajstić information content (AvgIpc) is 2.66. The van der Waals surface area contributed by atoms with E-state index in [4.69, 9.17) is 5.11 Å². The molecule has 3 nitrogen and oxygen atoms in total. The maximum atomic E-state index is 11.6. The van der Waals surface area contributed by atoms with Gasteiger partial charge in [-0.15, -0.1) is 0 Å². The van der Waals surface area contributed by atoms with Crippen LogP contribution in [0.2, 0.25) is 0 Å². The Balaban J connectivity index is 0.00000134. The average molecular weight is 362 g/mol. The fourth-order valence-corrected chi connectivity index (χ4v) is 2.49. The number of benzene rings is 2. The van der Waals surface area contributed by atoms with Crippen LogP contribution < -0.4 is 0 Å². The zero-order chi connectivity index (χ0) is 19.2. The second-order valence-corrected chi connectivity index (χ2v) is 5.72. The number of carbonyl (C=O) groups is 2. The van der Waals surface area contributed by atoms with Crippen molar-refractivity contribution in [3.8, 4) is 0 Å². The van der Waals surface area contributed by atoms with Gasteiger partial charge < -0.3 is 5.11 Å². The van der Waals surface area contributed by atoms with Crippen LogP contribution >= 0.6 is 0 Å². The van der Waals surface area contributed by atoms with Crippen molar-refractivity contribution in [2.24, 2.45) is 0 Å². The predicted octanol–water partition coefficient (Wildman–Crippen LogP) is 4.79. The molecule has 0 unspecified atom stereocenters. The van der Waals surface area contributed by atoms with Crippen molar-refractivity contribution in [2.45, 2.75) is 45.4 Å². The van der Waals surface area contributed by atoms with Gasteiger partial charge in [-0.25, -0.2) is 0 Å². The molecule has 0 atom stereocenters. The van der Waals surface area contributed by atoms with Crippen LogP contribution in [-0.2, 0) is 23.0 Å². The maximum absolute atomic E-state index is 11.6. The van der Waals surface area contributed by atoms with Gasteiger partial charge in [0, 0.05) is 17.3 Å². The first-order valence-corrected chi connectivity index (χ1v) is 9.95. The van der Waals surface area contributed by atoms with E-state index in [1.807, 2.05) is 39.8 Å². The molecule has 0 saturated heterocycles. The van der Waals surface area contributed by atoms with Crippen molar-refractivity contribution in [3.63, 3.8) is 0 Å². The number of hydrogen-bond acceptors (Lipinski definition) is 2. The largest absolute Gasteiger partial charge is 0.481 e. The van der Waals surface area contributed by atoms with Crippen LogP contribution in [0.15, 0.2) is 53.4 Å². The number of Topliss-reactive ketones (excluding diaryl/α,β-unsaturated/α-hetero) is 1. The molecular weight excluding hydrogens is 332 g/mol. The topological polar surface area (TPSA) is 54.4 Å². The third-order valence-electron chi connectivity index (χ3n) is 3.19. The van der Waals surface area contributed by atoms with Gasteiger partial charge in [-0.2, -0.15) is 0 Å². The van der Waals surface area contributed by atoms with Gasteiger partial charge in [-0.1, -0.05) is 64.1 Å². The molecule has 0 aliphatic carbocycles. The van der Waals surface area contributed by atoms with Crippen LogP contribution in [0.5, 0.6) is 0 Å². The van der Waals surface area contributed by atoms with E-state index in [0.717, 1.165) is 12.0 Å². The summed E-state index contributed by atoms with van der Waals surface area (Å²) in [7, 11) is 0. The van der Waals surface area contributed by atoms with Crippen molar-refractivity contribution in [1.82, 2.24) is 0 Å². The highest BCUT2D eigenvalue weighted by Gasteiger charge is 2.10. The summed E-state index contributed by atoms with van der Waals surface area (Å²) in [4.78, 5) is 23.4. The summed E-state index contributed by atoms with van der Waals surface area (Å²) >= 11 is 1.26. The summed E-state index contributed by atoms with van der Waals surface area (Å²) in [6.45, 7) is 8.00. The highest BCUT2D eigenvalue weighted by molar-refractivity contribution is 7.77. The molecule has 0 saturated carbocycles. The molecule has 4 heteroatoms. The Morgan fingerprint density at radius 2 is 1.28 bits per heavy atom. The number of carboxylic acids is 1. The third-order valence-corrected chi connectivity index (χ3v) is 4.01. The Hall–Kier alpha value is -2.07. The molecule has 0 aliphatic heterocycles. The van der Waals surface area contributed by atoms with Gasteiger partial charge in [0.05, 0.1) is 0 Å². The Bertz CT molecular complexity index is 631. The van der Waals surface area contributed by atoms with Gasteiger partial charge in [0.15, 0.2) is 10.7 Å². The summed E-state index contributed by atoms with van der Waals surface area (Å²) in [5.74, 6) is -1.46. The Morgan fingerprint density at radius 3 is 1.68 bits per heavy atom. The molecule has 2 aromatic carbocycles. The normalized spacial score (nSPS) is 9.16. The molecule has 0 amide bonds. The van der Waals surface area contributed by atoms with Crippen LogP contribution in [0.4, 0.5) is 0 Å². The molecule has 0 aromatic heterocycles. The summed E-state index contributed by atoms with van der Waals surface area (Å²) in [5.41, 5.74) is 2.76. The monoisotopic (exact) mass is 361 g/mol. The van der Waals surface area contributed by atoms with Crippen molar-refractivity contribution in [1.29, 1.82) is 0 Å². The Morgan fingerprint density at radius 1 is 0.840 bits per heavy atom. The highest BCUT2D eigenvalue weighted by atomic mass is 32.2. The Kier molecular flexibility index (Phi) is 12.1. The fourth-order valence-electron chi connectivity index (χ4n) is 2.05. The van der Waals surface area contributed by atoms with Gasteiger partial charge in [0.2, 0.25) is 0 Å². The van der Waals surface area contributed by atoms with Crippen LogP contribution in [0.1, 0.15) is 55.6 Å². The lowest BCUT2D eigenvalue weighted by molar-refractivity contribution is -0.135. The molecule has 25 heavy (non-hydrogen) atoms. The number of aliphatic carboxylic acids is 1. The first kappa shape index (κ1) is 22.9. The number of ketones is 1. The quantitative estimate of drug-likeness (QED) is 0.348. The van der Waals surface area contributed by atoms with E-state index in [0.29, 0.717) is 5.56 Å². The van der Waals surface area contributed by atoms with E-state index in [1.165, 1.54) is 22.2 Å². The zero-order valence-corrected chi connectivity index (χ0v) is 16.6. The first-order valence-electron chi connectivity index (χ1n) is 8.61. The predicted molar refractivity (Wildman–Crippen MR) is 108 cm³/mol. The molecule has 2 rings (SSSR count). The van der Waals surface area contributed by atoms with Crippen LogP contribution in [0.25, 0.3) is 0 Å². The SMILES string of the molecule is CC.CC.C[SH+]c1ccc(Cc2ccc(C(=O)CC(=O)O)cc2)cc1. The molecule has 0 heterocycles. The van der Waals surface area contributed by atoms with E-state index in [2.05, 4.69) is 30.5 Å². The lowest BCUT2D eigenvalue weighted by Crippen LogP contribution is -2.06. The summed E-state index contributed by atoms with van der Waals surface area (Å²) < 4.78 is 0. The van der Waals surface area contributed by atoms with Crippen molar-refractivity contribution < 1.29 is 14.7 Å². The van der Waals surface area contributed by atoms with Crippen molar-refractivity contribution in [3.05, 3.63) is 65.2 Å². The highest BCUT2D eigenvalue weighted by Crippen LogP contribution is 2.13. The van der Waals surface area contributed by atoms with Crippen LogP contribution in [0.3, 0.4) is 0 Å². The van der Waals surface area contributed by atoms with E-state index in [9.17, 15) is 9.59 Å². The minimum Gasteiger partial charge on any atom is -0.481 e. The van der Waals surface area contributed by atoms with Crippen molar-refractivity contribution >= 4 is 23.5 Å². The first-order chi connectivity index (χ1) is 12.1. The maximum Gasteiger partial charge on any atom is 0.311 e. The van der Waals surface area contributed by atoms with Gasteiger partial charge in [0.25, 0.3) is 0 Å². The van der Waals surface area contributed by atoms with Gasteiger partial charge in [0.1, 0.15) is 12.7 Å². The molecule has 2 aromatic rings. The number of thiol groups is 1. The number of carbonyl (C=O) groups excluding carboxylic acids is 1. The molecule has 1 N–H and O–H groups in total. The zero-order valence-electron chi connectivity index (χ0n) is 15.7. The smallest absolute Gasteiger partial charge is 0.311 e. The minimum atomic E-state index is -1.10. The minimum absolute atomic E-state index is 0.361. The number of rotatable bonds is 6. The van der Waals surface area contributed by atoms with E-state index < -0.39 is 12.4 Å². The molecule has 0 fully saturated rings. The Labute approximate surface area is 155 Å². The molecule has 0 radical (unpaired) electrons. The van der Waals surface area contributed by atoms with Gasteiger partial charge in [-0.05, 0) is 29.7 Å². The van der Waals surface area contributed by atoms with E-state index in [-0.39, 0.29) is 5.78 Å². The summed E-state index contributed by atoms with van der Waals surface area (Å²) in [6.07, 6.45) is 2.44. The van der Waals surface area contributed by atoms with Crippen molar-refractivity contribution in [2.75, 3.05) is 6.26 Å². The van der Waals surface area contributed by atoms with Gasteiger partial charge >= 0.3 is 5.97 Å². The van der Waals surface area contributed by atoms with Gasteiger partial charge in [-0.3, -0.25) is 9.59 Å². The molecule has 0 bridgehead atoms. The molecule has 0 spiro atoms. The fraction of sp³-hybridized carbons (Fsp3) is 0.333. The number of carboxylic acid groups (broad SMARTS) is 1. The number of hydrogen-bond donors (Lipinski definition) is 1.